The number of guanidine groups is 1. The van der Waals surface area contributed by atoms with Gasteiger partial charge in [0.1, 0.15) is 0 Å². The van der Waals surface area contributed by atoms with Crippen molar-refractivity contribution in [1.29, 1.82) is 0 Å². The van der Waals surface area contributed by atoms with Crippen molar-refractivity contribution in [2.24, 2.45) is 4.99 Å². The van der Waals surface area contributed by atoms with Crippen molar-refractivity contribution in [1.82, 2.24) is 10.6 Å². The Hall–Kier alpha value is -0.570. The van der Waals surface area contributed by atoms with Crippen LogP contribution in [0, 0.1) is 0 Å². The summed E-state index contributed by atoms with van der Waals surface area (Å²) in [7, 11) is 1.68. The van der Waals surface area contributed by atoms with Gasteiger partial charge >= 0.3 is 0 Å². The summed E-state index contributed by atoms with van der Waals surface area (Å²) in [5.74, 6) is 1.40. The fraction of sp³-hybridized carbons (Fsp3) is 0.611. The molecule has 5 nitrogen and oxygen atoms in total. The van der Waals surface area contributed by atoms with Crippen LogP contribution in [0.25, 0.3) is 0 Å². The molecule has 25 heavy (non-hydrogen) atoms. The van der Waals surface area contributed by atoms with Crippen LogP contribution in [0.5, 0.6) is 0 Å². The standard InChI is InChI=1S/C18H28ClN3O2.HI/c1-3-20-18(21-8-5-9-24-11-10-23-2)22-17-13-16(17)14-6-4-7-15(19)12-14;/h4,6-7,12,16-17H,3,5,8-11,13H2,1-2H3,(H2,20,21,22);1H. The van der Waals surface area contributed by atoms with Crippen molar-refractivity contribution >= 4 is 41.5 Å². The van der Waals surface area contributed by atoms with Gasteiger partial charge in [0.25, 0.3) is 0 Å². The number of rotatable bonds is 10. The maximum Gasteiger partial charge on any atom is 0.191 e. The first-order valence-electron chi connectivity index (χ1n) is 8.61. The average molecular weight is 482 g/mol. The van der Waals surface area contributed by atoms with Crippen LogP contribution >= 0.6 is 35.6 Å². The molecule has 2 rings (SSSR count). The molecule has 1 fully saturated rings. The zero-order chi connectivity index (χ0) is 17.2. The van der Waals surface area contributed by atoms with Crippen LogP contribution in [0.15, 0.2) is 29.3 Å². The molecule has 0 saturated heterocycles. The molecule has 2 N–H and O–H groups in total. The maximum absolute atomic E-state index is 6.07. The minimum Gasteiger partial charge on any atom is -0.382 e. The van der Waals surface area contributed by atoms with Crippen molar-refractivity contribution in [2.75, 3.05) is 40.0 Å². The van der Waals surface area contributed by atoms with Gasteiger partial charge < -0.3 is 20.1 Å². The van der Waals surface area contributed by atoms with E-state index < -0.39 is 0 Å². The van der Waals surface area contributed by atoms with Gasteiger partial charge in [-0.15, -0.1) is 24.0 Å². The summed E-state index contributed by atoms with van der Waals surface area (Å²) >= 11 is 6.07. The number of halogens is 2. The Morgan fingerprint density at radius 2 is 2.16 bits per heavy atom. The van der Waals surface area contributed by atoms with E-state index in [0.717, 1.165) is 36.9 Å². The lowest BCUT2D eigenvalue weighted by Crippen LogP contribution is -2.39. The number of benzene rings is 1. The Balaban J connectivity index is 0.00000312. The molecule has 0 spiro atoms. The topological polar surface area (TPSA) is 54.9 Å². The van der Waals surface area contributed by atoms with Crippen molar-refractivity contribution in [2.45, 2.75) is 31.7 Å². The molecule has 2 unspecified atom stereocenters. The summed E-state index contributed by atoms with van der Waals surface area (Å²) in [6.07, 6.45) is 2.02. The lowest BCUT2D eigenvalue weighted by Gasteiger charge is -2.11. The van der Waals surface area contributed by atoms with Gasteiger partial charge in [0.15, 0.2) is 5.96 Å². The van der Waals surface area contributed by atoms with E-state index in [-0.39, 0.29) is 24.0 Å². The van der Waals surface area contributed by atoms with E-state index in [4.69, 9.17) is 21.1 Å². The van der Waals surface area contributed by atoms with Crippen LogP contribution in [0.1, 0.15) is 31.2 Å². The molecule has 1 aromatic rings. The highest BCUT2D eigenvalue weighted by Crippen LogP contribution is 2.41. The summed E-state index contributed by atoms with van der Waals surface area (Å²) in [6.45, 7) is 5.66. The van der Waals surface area contributed by atoms with Gasteiger partial charge in [-0.25, -0.2) is 0 Å². The summed E-state index contributed by atoms with van der Waals surface area (Å²) in [5, 5.41) is 7.60. The van der Waals surface area contributed by atoms with Gasteiger partial charge in [-0.2, -0.15) is 0 Å². The minimum absolute atomic E-state index is 0. The summed E-state index contributed by atoms with van der Waals surface area (Å²) in [6, 6.07) is 8.54. The zero-order valence-electron chi connectivity index (χ0n) is 15.0. The normalized spacial score (nSPS) is 19.2. The third-order valence-electron chi connectivity index (χ3n) is 3.88. The largest absolute Gasteiger partial charge is 0.382 e. The summed E-state index contributed by atoms with van der Waals surface area (Å²) in [5.41, 5.74) is 1.29. The first-order chi connectivity index (χ1) is 11.7. The van der Waals surface area contributed by atoms with Crippen LogP contribution in [0.2, 0.25) is 5.02 Å². The van der Waals surface area contributed by atoms with Gasteiger partial charge in [0, 0.05) is 43.8 Å². The van der Waals surface area contributed by atoms with E-state index in [1.807, 2.05) is 12.1 Å². The highest BCUT2D eigenvalue weighted by Gasteiger charge is 2.39. The van der Waals surface area contributed by atoms with E-state index >= 15 is 0 Å². The molecule has 1 aliphatic rings. The molecular formula is C18H29ClIN3O2. The smallest absolute Gasteiger partial charge is 0.191 e. The number of hydrogen-bond donors (Lipinski definition) is 2. The van der Waals surface area contributed by atoms with Crippen LogP contribution in [-0.2, 0) is 9.47 Å². The second kappa shape index (κ2) is 12.7. The number of nitrogens with one attached hydrogen (secondary N) is 2. The molecule has 0 bridgehead atoms. The second-order valence-corrected chi connectivity index (χ2v) is 6.30. The number of nitrogens with zero attached hydrogens (tertiary/aromatic N) is 1. The Morgan fingerprint density at radius 3 is 2.88 bits per heavy atom. The average Bonchev–Trinajstić information content (AvgIpc) is 3.33. The molecule has 1 aliphatic carbocycles. The number of methoxy groups -OCH3 is 1. The molecule has 1 aromatic carbocycles. The maximum atomic E-state index is 6.07. The molecule has 0 radical (unpaired) electrons. The number of ether oxygens (including phenoxy) is 2. The monoisotopic (exact) mass is 481 g/mol. The summed E-state index contributed by atoms with van der Waals surface area (Å²) in [4.78, 5) is 4.61. The van der Waals surface area contributed by atoms with Crippen molar-refractivity contribution < 1.29 is 9.47 Å². The van der Waals surface area contributed by atoms with Gasteiger partial charge in [0.05, 0.1) is 13.2 Å². The van der Waals surface area contributed by atoms with Crippen molar-refractivity contribution in [3.05, 3.63) is 34.9 Å². The zero-order valence-corrected chi connectivity index (χ0v) is 18.1. The third kappa shape index (κ3) is 8.57. The third-order valence-corrected chi connectivity index (χ3v) is 4.12. The van der Waals surface area contributed by atoms with Gasteiger partial charge in [-0.05, 0) is 37.5 Å². The highest BCUT2D eigenvalue weighted by atomic mass is 127. The van der Waals surface area contributed by atoms with E-state index in [2.05, 4.69) is 34.7 Å². The van der Waals surface area contributed by atoms with Gasteiger partial charge in [-0.3, -0.25) is 4.99 Å². The van der Waals surface area contributed by atoms with Crippen LogP contribution in [-0.4, -0.2) is 52.0 Å². The molecule has 1 saturated carbocycles. The quantitative estimate of drug-likeness (QED) is 0.233. The molecule has 142 valence electrons. The number of hydrogen-bond acceptors (Lipinski definition) is 3. The Labute approximate surface area is 172 Å². The van der Waals surface area contributed by atoms with E-state index in [1.165, 1.54) is 5.56 Å². The lowest BCUT2D eigenvalue weighted by atomic mass is 10.1. The van der Waals surface area contributed by atoms with Gasteiger partial charge in [0.2, 0.25) is 0 Å². The van der Waals surface area contributed by atoms with Crippen molar-refractivity contribution in [3.8, 4) is 0 Å². The molecule has 2 atom stereocenters. The fourth-order valence-corrected chi connectivity index (χ4v) is 2.76. The van der Waals surface area contributed by atoms with Crippen molar-refractivity contribution in [3.63, 3.8) is 0 Å². The number of aliphatic imine (C=N–C) groups is 1. The Kier molecular flexibility index (Phi) is 11.4. The molecule has 0 aliphatic heterocycles. The van der Waals surface area contributed by atoms with Crippen LogP contribution in [0.3, 0.4) is 0 Å². The predicted molar refractivity (Wildman–Crippen MR) is 114 cm³/mol. The van der Waals surface area contributed by atoms with Crippen LogP contribution < -0.4 is 10.6 Å². The van der Waals surface area contributed by atoms with Gasteiger partial charge in [-0.1, -0.05) is 23.7 Å². The van der Waals surface area contributed by atoms with E-state index in [9.17, 15) is 0 Å². The van der Waals surface area contributed by atoms with E-state index in [0.29, 0.717) is 31.8 Å². The highest BCUT2D eigenvalue weighted by molar-refractivity contribution is 14.0. The fourth-order valence-electron chi connectivity index (χ4n) is 2.56. The first-order valence-corrected chi connectivity index (χ1v) is 8.99. The summed E-state index contributed by atoms with van der Waals surface area (Å²) < 4.78 is 10.4. The first kappa shape index (κ1) is 22.5. The van der Waals surface area contributed by atoms with Crippen LogP contribution in [0.4, 0.5) is 0 Å². The lowest BCUT2D eigenvalue weighted by molar-refractivity contribution is 0.0702. The predicted octanol–water partition coefficient (Wildman–Crippen LogP) is 3.42. The second-order valence-electron chi connectivity index (χ2n) is 5.87. The van der Waals surface area contributed by atoms with E-state index in [1.54, 1.807) is 7.11 Å². The molecule has 7 heteroatoms. The Bertz CT molecular complexity index is 531. The molecular weight excluding hydrogens is 453 g/mol. The molecule has 0 heterocycles. The Morgan fingerprint density at radius 1 is 1.32 bits per heavy atom. The SMILES string of the molecule is CCNC(=NCCCOCCOC)NC1CC1c1cccc(Cl)c1.I. The minimum atomic E-state index is 0. The molecule has 0 amide bonds. The molecule has 0 aromatic heterocycles.